The molecule has 1 rings (SSSR count). The maximum absolute atomic E-state index is 10.3. The molecule has 0 aliphatic rings. The van der Waals surface area contributed by atoms with Gasteiger partial charge in [0.1, 0.15) is 11.5 Å². The van der Waals surface area contributed by atoms with Crippen LogP contribution in [0.15, 0.2) is 30.4 Å². The minimum atomic E-state index is 0.0308. The Morgan fingerprint density at radius 3 is 2.72 bits per heavy atom. The van der Waals surface area contributed by atoms with Crippen molar-refractivity contribution < 1.29 is 14.6 Å². The molecule has 0 aliphatic carbocycles. The molecular formula is C15H17O3. The average molecular weight is 245 g/mol. The lowest BCUT2D eigenvalue weighted by Crippen LogP contribution is -1.97. The summed E-state index contributed by atoms with van der Waals surface area (Å²) in [5, 5.41) is 9.97. The Morgan fingerprint density at radius 1 is 1.56 bits per heavy atom. The van der Waals surface area contributed by atoms with Crippen molar-refractivity contribution in [2.24, 2.45) is 0 Å². The number of benzene rings is 1. The molecule has 3 nitrogen and oxygen atoms in total. The van der Waals surface area contributed by atoms with E-state index >= 15 is 0 Å². The van der Waals surface area contributed by atoms with Gasteiger partial charge in [0.15, 0.2) is 0 Å². The van der Waals surface area contributed by atoms with Crippen LogP contribution in [0.25, 0.3) is 6.08 Å². The average Bonchev–Trinajstić information content (AvgIpc) is 2.35. The van der Waals surface area contributed by atoms with E-state index in [0.29, 0.717) is 5.75 Å². The molecule has 1 unspecified atom stereocenters. The molecule has 1 N–H and O–H groups in total. The first-order valence-corrected chi connectivity index (χ1v) is 5.61. The van der Waals surface area contributed by atoms with Crippen molar-refractivity contribution in [3.05, 3.63) is 41.5 Å². The molecule has 0 saturated heterocycles. The molecule has 95 valence electrons. The van der Waals surface area contributed by atoms with E-state index in [4.69, 9.17) is 4.74 Å². The number of ether oxygens (including phenoxy) is 1. The predicted molar refractivity (Wildman–Crippen MR) is 72.6 cm³/mol. The van der Waals surface area contributed by atoms with Crippen LogP contribution in [0, 0.1) is 0 Å². The minimum absolute atomic E-state index is 0.0308. The normalized spacial score (nSPS) is 12.4. The van der Waals surface area contributed by atoms with E-state index in [1.54, 1.807) is 24.5 Å². The Kier molecular flexibility index (Phi) is 4.72. The van der Waals surface area contributed by atoms with Crippen molar-refractivity contribution in [2.75, 3.05) is 7.11 Å². The van der Waals surface area contributed by atoms with Gasteiger partial charge in [-0.1, -0.05) is 19.1 Å². The van der Waals surface area contributed by atoms with Gasteiger partial charge in [-0.3, -0.25) is 4.79 Å². The summed E-state index contributed by atoms with van der Waals surface area (Å²) in [5.41, 5.74) is 2.43. The molecule has 0 bridgehead atoms. The van der Waals surface area contributed by atoms with Crippen molar-refractivity contribution in [1.29, 1.82) is 0 Å². The van der Waals surface area contributed by atoms with E-state index in [-0.39, 0.29) is 11.7 Å². The molecule has 0 aromatic heterocycles. The molecule has 3 heteroatoms. The van der Waals surface area contributed by atoms with Crippen LogP contribution in [0.2, 0.25) is 0 Å². The summed E-state index contributed by atoms with van der Waals surface area (Å²) in [6, 6.07) is 3.33. The zero-order valence-corrected chi connectivity index (χ0v) is 10.9. The third-order valence-corrected chi connectivity index (χ3v) is 2.92. The van der Waals surface area contributed by atoms with Crippen molar-refractivity contribution in [3.63, 3.8) is 0 Å². The quantitative estimate of drug-likeness (QED) is 0.640. The molecule has 0 saturated carbocycles. The predicted octanol–water partition coefficient (Wildman–Crippen LogP) is 3.20. The first-order chi connectivity index (χ1) is 8.51. The molecular weight excluding hydrogens is 228 g/mol. The number of aromatic hydroxyl groups is 1. The van der Waals surface area contributed by atoms with Crippen molar-refractivity contribution in [1.82, 2.24) is 0 Å². The molecule has 1 aromatic carbocycles. The van der Waals surface area contributed by atoms with Gasteiger partial charge in [-0.2, -0.15) is 0 Å². The monoisotopic (exact) mass is 245 g/mol. The fourth-order valence-corrected chi connectivity index (χ4v) is 1.65. The fraction of sp³-hybridized carbons (Fsp3) is 0.267. The molecule has 0 heterocycles. The minimum Gasteiger partial charge on any atom is -0.508 e. The molecule has 0 aliphatic heterocycles. The number of methoxy groups -OCH3 is 1. The zero-order chi connectivity index (χ0) is 13.7. The lowest BCUT2D eigenvalue weighted by Gasteiger charge is -2.16. The summed E-state index contributed by atoms with van der Waals surface area (Å²) in [7, 11) is 1.51. The molecule has 0 amide bonds. The third kappa shape index (κ3) is 3.00. The van der Waals surface area contributed by atoms with Gasteiger partial charge in [-0.25, -0.2) is 0 Å². The number of phenols is 1. The number of hydrogen-bond donors (Lipinski definition) is 1. The largest absolute Gasteiger partial charge is 0.508 e. The van der Waals surface area contributed by atoms with Crippen molar-refractivity contribution >= 4 is 12.4 Å². The van der Waals surface area contributed by atoms with Crippen LogP contribution in [-0.2, 0) is 4.79 Å². The molecule has 0 spiro atoms. The van der Waals surface area contributed by atoms with Gasteiger partial charge in [0.05, 0.1) is 7.11 Å². The van der Waals surface area contributed by atoms with Crippen LogP contribution in [0.3, 0.4) is 0 Å². The van der Waals surface area contributed by atoms with Gasteiger partial charge < -0.3 is 9.84 Å². The summed E-state index contributed by atoms with van der Waals surface area (Å²) in [6.07, 6.45) is 4.55. The van der Waals surface area contributed by atoms with Crippen LogP contribution in [0.4, 0.5) is 0 Å². The highest BCUT2D eigenvalue weighted by atomic mass is 16.5. The second-order valence-corrected chi connectivity index (χ2v) is 4.17. The maximum atomic E-state index is 10.3. The van der Waals surface area contributed by atoms with Gasteiger partial charge in [0, 0.05) is 23.1 Å². The van der Waals surface area contributed by atoms with E-state index in [2.05, 4.69) is 6.58 Å². The lowest BCUT2D eigenvalue weighted by atomic mass is 9.92. The summed E-state index contributed by atoms with van der Waals surface area (Å²) in [4.78, 5) is 10.3. The first kappa shape index (κ1) is 14.0. The first-order valence-electron chi connectivity index (χ1n) is 5.61. The molecule has 18 heavy (non-hydrogen) atoms. The number of carbonyl (C=O) groups excluding carboxylic acids is 1. The van der Waals surface area contributed by atoms with Gasteiger partial charge in [-0.05, 0) is 25.1 Å². The highest BCUT2D eigenvalue weighted by molar-refractivity contribution is 5.76. The van der Waals surface area contributed by atoms with Crippen LogP contribution >= 0.6 is 0 Å². The highest BCUT2D eigenvalue weighted by Gasteiger charge is 2.14. The van der Waals surface area contributed by atoms with Gasteiger partial charge in [-0.15, -0.1) is 0 Å². The standard InChI is InChI=1S/C15H17O3/c1-10(2)11(3)13-8-12(6-5-7-16)15(18-4)9-14(13)17/h5-6,8-9,11,17H,1H2,2-4H3/b6-5+. The van der Waals surface area contributed by atoms with Gasteiger partial charge in [0.2, 0.25) is 6.29 Å². The Morgan fingerprint density at radius 2 is 2.22 bits per heavy atom. The Bertz CT molecular complexity index is 487. The molecule has 1 atom stereocenters. The van der Waals surface area contributed by atoms with E-state index in [1.165, 1.54) is 13.2 Å². The summed E-state index contributed by atoms with van der Waals surface area (Å²) in [6.45, 7) is 7.75. The fourth-order valence-electron chi connectivity index (χ4n) is 1.65. The van der Waals surface area contributed by atoms with Gasteiger partial charge in [0.25, 0.3) is 0 Å². The SMILES string of the molecule is C=C(C)C(C)c1cc(/C=C/[C]=O)c(OC)cc1O. The Balaban J connectivity index is 3.33. The Labute approximate surface area is 107 Å². The molecule has 0 fully saturated rings. The van der Waals surface area contributed by atoms with Crippen LogP contribution < -0.4 is 4.74 Å². The smallest absolute Gasteiger partial charge is 0.225 e. The molecule has 1 radical (unpaired) electrons. The molecule has 1 aromatic rings. The van der Waals surface area contributed by atoms with Crippen LogP contribution in [0.1, 0.15) is 30.9 Å². The van der Waals surface area contributed by atoms with Gasteiger partial charge >= 0.3 is 0 Å². The van der Waals surface area contributed by atoms with E-state index in [1.807, 2.05) is 13.8 Å². The van der Waals surface area contributed by atoms with Crippen molar-refractivity contribution in [2.45, 2.75) is 19.8 Å². The summed E-state index contributed by atoms with van der Waals surface area (Å²) < 4.78 is 5.15. The third-order valence-electron chi connectivity index (χ3n) is 2.92. The Hall–Kier alpha value is -2.03. The zero-order valence-electron chi connectivity index (χ0n) is 10.9. The van der Waals surface area contributed by atoms with Crippen molar-refractivity contribution in [3.8, 4) is 11.5 Å². The number of phenolic OH excluding ortho intramolecular Hbond substituents is 1. The lowest BCUT2D eigenvalue weighted by molar-refractivity contribution is 0.405. The number of hydrogen-bond acceptors (Lipinski definition) is 3. The van der Waals surface area contributed by atoms with E-state index < -0.39 is 0 Å². The van der Waals surface area contributed by atoms with Crippen LogP contribution in [-0.4, -0.2) is 18.5 Å². The maximum Gasteiger partial charge on any atom is 0.225 e. The summed E-state index contributed by atoms with van der Waals surface area (Å²) in [5.74, 6) is 0.703. The van der Waals surface area contributed by atoms with Crippen LogP contribution in [0.5, 0.6) is 11.5 Å². The second-order valence-electron chi connectivity index (χ2n) is 4.17. The number of allylic oxidation sites excluding steroid dienone is 2. The van der Waals surface area contributed by atoms with E-state index in [9.17, 15) is 9.90 Å². The second kappa shape index (κ2) is 6.05. The van der Waals surface area contributed by atoms with E-state index in [0.717, 1.165) is 16.7 Å². The number of rotatable bonds is 5. The summed E-state index contributed by atoms with van der Waals surface area (Å²) >= 11 is 0. The highest BCUT2D eigenvalue weighted by Crippen LogP contribution is 2.35. The topological polar surface area (TPSA) is 46.5 Å².